The molecule has 1 aromatic heterocycles. The van der Waals surface area contributed by atoms with Gasteiger partial charge in [0.2, 0.25) is 0 Å². The lowest BCUT2D eigenvalue weighted by Crippen LogP contribution is -2.27. The first kappa shape index (κ1) is 20.6. The minimum atomic E-state index is -0.606. The van der Waals surface area contributed by atoms with Gasteiger partial charge in [-0.15, -0.1) is 0 Å². The molecule has 0 saturated heterocycles. The molecule has 0 spiro atoms. The minimum Gasteiger partial charge on any atom is -0.492 e. The van der Waals surface area contributed by atoms with Gasteiger partial charge in [-0.25, -0.2) is 4.79 Å². The largest absolute Gasteiger partial charge is 0.492 e. The van der Waals surface area contributed by atoms with Crippen molar-refractivity contribution in [3.63, 3.8) is 0 Å². The van der Waals surface area contributed by atoms with Crippen LogP contribution < -0.4 is 10.4 Å². The molecule has 0 radical (unpaired) electrons. The maximum Gasteiger partial charge on any atom is 0.347 e. The fourth-order valence-electron chi connectivity index (χ4n) is 3.05. The highest BCUT2D eigenvalue weighted by Gasteiger charge is 2.24. The number of nitrogens with zero attached hydrogens (tertiary/aromatic N) is 1. The van der Waals surface area contributed by atoms with Gasteiger partial charge in [-0.2, -0.15) is 0 Å². The monoisotopic (exact) mass is 445 g/mol. The normalized spacial score (nSPS) is 18.8. The second-order valence-electron chi connectivity index (χ2n) is 7.39. The van der Waals surface area contributed by atoms with E-state index in [4.69, 9.17) is 9.15 Å². The van der Waals surface area contributed by atoms with Crippen molar-refractivity contribution in [2.75, 3.05) is 27.2 Å². The molecule has 0 amide bonds. The Hall–Kier alpha value is -2.18. The van der Waals surface area contributed by atoms with Gasteiger partial charge in [-0.05, 0) is 45.1 Å². The van der Waals surface area contributed by atoms with Crippen molar-refractivity contribution in [3.05, 3.63) is 64.1 Å². The molecular weight excluding hydrogens is 422 g/mol. The van der Waals surface area contributed by atoms with Crippen molar-refractivity contribution in [2.24, 2.45) is 0 Å². The first-order valence-electron chi connectivity index (χ1n) is 9.20. The highest BCUT2D eigenvalue weighted by Crippen LogP contribution is 2.31. The van der Waals surface area contributed by atoms with Gasteiger partial charge < -0.3 is 14.1 Å². The minimum absolute atomic E-state index is 0.102. The van der Waals surface area contributed by atoms with Crippen LogP contribution in [0.1, 0.15) is 28.8 Å². The van der Waals surface area contributed by atoms with Gasteiger partial charge in [-0.1, -0.05) is 40.2 Å². The number of allylic oxidation sites excluding steroid dienone is 3. The van der Waals surface area contributed by atoms with Crippen LogP contribution in [0.25, 0.3) is 11.0 Å². The molecule has 1 aliphatic carbocycles. The Balaban J connectivity index is 1.84. The van der Waals surface area contributed by atoms with Crippen molar-refractivity contribution in [3.8, 4) is 5.75 Å². The Bertz CT molecular complexity index is 1010. The molecule has 1 heterocycles. The van der Waals surface area contributed by atoms with Crippen LogP contribution in [0.5, 0.6) is 5.75 Å². The SMILES string of the molecule is Cc1cc(OCC2(Br)C=CC=CC2)cc2oc(=O)c(C(=O)CCN(C)C)cc12. The summed E-state index contributed by atoms with van der Waals surface area (Å²) in [6.07, 6.45) is 9.25. The first-order valence-corrected chi connectivity index (χ1v) is 9.99. The van der Waals surface area contributed by atoms with E-state index in [2.05, 4.69) is 28.1 Å². The summed E-state index contributed by atoms with van der Waals surface area (Å²) in [5, 5.41) is 0.745. The Morgan fingerprint density at radius 3 is 2.75 bits per heavy atom. The number of alkyl halides is 1. The molecule has 28 heavy (non-hydrogen) atoms. The van der Waals surface area contributed by atoms with E-state index in [0.29, 0.717) is 24.5 Å². The second kappa shape index (κ2) is 8.45. The van der Waals surface area contributed by atoms with E-state index in [-0.39, 0.29) is 22.1 Å². The van der Waals surface area contributed by atoms with Crippen LogP contribution >= 0.6 is 15.9 Å². The number of carbonyl (C=O) groups excluding carboxylic acids is 1. The molecule has 2 aromatic rings. The van der Waals surface area contributed by atoms with E-state index in [9.17, 15) is 9.59 Å². The predicted molar refractivity (Wildman–Crippen MR) is 115 cm³/mol. The summed E-state index contributed by atoms with van der Waals surface area (Å²) in [5.74, 6) is 0.420. The number of halogens is 1. The number of fused-ring (bicyclic) bond motifs is 1. The summed E-state index contributed by atoms with van der Waals surface area (Å²) in [7, 11) is 3.77. The molecule has 1 unspecified atom stereocenters. The van der Waals surface area contributed by atoms with Gasteiger partial charge in [0.05, 0.1) is 4.32 Å². The fraction of sp³-hybridized carbons (Fsp3) is 0.364. The van der Waals surface area contributed by atoms with Gasteiger partial charge >= 0.3 is 5.63 Å². The molecule has 0 fully saturated rings. The Morgan fingerprint density at radius 1 is 1.29 bits per heavy atom. The fourth-order valence-corrected chi connectivity index (χ4v) is 3.50. The zero-order valence-corrected chi connectivity index (χ0v) is 17.9. The van der Waals surface area contributed by atoms with Crippen LogP contribution in [0.4, 0.5) is 0 Å². The Labute approximate surface area is 172 Å². The highest BCUT2D eigenvalue weighted by molar-refractivity contribution is 9.10. The standard InChI is InChI=1S/C22H24BrNO4/c1-15-11-16(27-14-22(23)8-5-4-6-9-22)12-20-17(15)13-18(21(26)28-20)19(25)7-10-24(2)3/h4-6,8,11-13H,7,9-10,14H2,1-3H3. The molecular formula is C22H24BrNO4. The third kappa shape index (κ3) is 4.80. The van der Waals surface area contributed by atoms with Gasteiger partial charge in [0.1, 0.15) is 23.5 Å². The maximum atomic E-state index is 12.4. The number of carbonyl (C=O) groups is 1. The second-order valence-corrected chi connectivity index (χ2v) is 8.97. The van der Waals surface area contributed by atoms with Crippen LogP contribution in [-0.2, 0) is 0 Å². The molecule has 0 saturated carbocycles. The van der Waals surface area contributed by atoms with Crippen LogP contribution in [-0.4, -0.2) is 42.3 Å². The average Bonchev–Trinajstić information content (AvgIpc) is 2.64. The topological polar surface area (TPSA) is 59.8 Å². The number of hydrogen-bond donors (Lipinski definition) is 0. The quantitative estimate of drug-likeness (QED) is 0.361. The Kier molecular flexibility index (Phi) is 6.20. The third-order valence-corrected chi connectivity index (χ3v) is 5.52. The molecule has 0 aliphatic heterocycles. The molecule has 5 nitrogen and oxygen atoms in total. The molecule has 1 aromatic carbocycles. The summed E-state index contributed by atoms with van der Waals surface area (Å²) < 4.78 is 11.2. The maximum absolute atomic E-state index is 12.4. The number of Topliss-reactive ketones (excluding diaryl/α,β-unsaturated/α-hetero) is 1. The van der Waals surface area contributed by atoms with Gasteiger partial charge in [0.15, 0.2) is 5.78 Å². The van der Waals surface area contributed by atoms with Crippen LogP contribution in [0.3, 0.4) is 0 Å². The van der Waals surface area contributed by atoms with Crippen molar-refractivity contribution < 1.29 is 13.9 Å². The van der Waals surface area contributed by atoms with Gasteiger partial charge in [-0.3, -0.25) is 4.79 Å². The van der Waals surface area contributed by atoms with E-state index < -0.39 is 5.63 Å². The molecule has 1 atom stereocenters. The third-order valence-electron chi connectivity index (χ3n) is 4.70. The van der Waals surface area contributed by atoms with E-state index >= 15 is 0 Å². The molecule has 148 valence electrons. The van der Waals surface area contributed by atoms with Crippen molar-refractivity contribution in [1.82, 2.24) is 4.90 Å². The smallest absolute Gasteiger partial charge is 0.347 e. The summed E-state index contributed by atoms with van der Waals surface area (Å²) in [6, 6.07) is 5.24. The number of hydrogen-bond acceptors (Lipinski definition) is 5. The zero-order chi connectivity index (χ0) is 20.3. The Morgan fingerprint density at radius 2 is 2.07 bits per heavy atom. The van der Waals surface area contributed by atoms with Crippen molar-refractivity contribution in [2.45, 2.75) is 24.1 Å². The van der Waals surface area contributed by atoms with E-state index in [1.165, 1.54) is 0 Å². The van der Waals surface area contributed by atoms with Crippen molar-refractivity contribution in [1.29, 1.82) is 0 Å². The lowest BCUT2D eigenvalue weighted by molar-refractivity contribution is 0.0969. The van der Waals surface area contributed by atoms with Crippen molar-refractivity contribution >= 4 is 32.7 Å². The summed E-state index contributed by atoms with van der Waals surface area (Å²) >= 11 is 3.71. The summed E-state index contributed by atoms with van der Waals surface area (Å²) in [6.45, 7) is 2.94. The molecule has 0 N–H and O–H groups in total. The zero-order valence-electron chi connectivity index (χ0n) is 16.3. The molecule has 0 bridgehead atoms. The lowest BCUT2D eigenvalue weighted by Gasteiger charge is -2.24. The number of benzene rings is 1. The molecule has 6 heteroatoms. The number of ether oxygens (including phenoxy) is 1. The summed E-state index contributed by atoms with van der Waals surface area (Å²) in [4.78, 5) is 26.6. The van der Waals surface area contributed by atoms with E-state index in [1.54, 1.807) is 12.1 Å². The number of aryl methyl sites for hydroxylation is 1. The number of ketones is 1. The van der Waals surface area contributed by atoms with E-state index in [0.717, 1.165) is 17.4 Å². The van der Waals surface area contributed by atoms with Crippen LogP contribution in [0.15, 0.2) is 51.7 Å². The summed E-state index contributed by atoms with van der Waals surface area (Å²) in [5.41, 5.74) is 0.808. The lowest BCUT2D eigenvalue weighted by atomic mass is 10.0. The molecule has 1 aliphatic rings. The van der Waals surface area contributed by atoms with Crippen LogP contribution in [0.2, 0.25) is 0 Å². The first-order chi connectivity index (χ1) is 13.3. The number of rotatable bonds is 7. The van der Waals surface area contributed by atoms with Gasteiger partial charge in [0, 0.05) is 24.4 Å². The van der Waals surface area contributed by atoms with E-state index in [1.807, 2.05) is 44.1 Å². The van der Waals surface area contributed by atoms with Crippen LogP contribution in [0, 0.1) is 6.92 Å². The predicted octanol–water partition coefficient (Wildman–Crippen LogP) is 4.26. The average molecular weight is 446 g/mol. The molecule has 3 rings (SSSR count). The van der Waals surface area contributed by atoms with Gasteiger partial charge in [0.25, 0.3) is 0 Å². The highest BCUT2D eigenvalue weighted by atomic mass is 79.9.